The number of aromatic nitrogens is 1. The van der Waals surface area contributed by atoms with Crippen molar-refractivity contribution < 1.29 is 9.84 Å². The molecule has 0 saturated heterocycles. The number of nitrogens with one attached hydrogen (secondary N) is 2. The average molecular weight is 336 g/mol. The number of aliphatic hydroxyl groups excluding tert-OH is 1. The minimum absolute atomic E-state index is 0.104. The molecule has 136 valence electrons. The lowest BCUT2D eigenvalue weighted by molar-refractivity contribution is 0.169. The smallest absolute Gasteiger partial charge is 0.212 e. The summed E-state index contributed by atoms with van der Waals surface area (Å²) in [6.07, 6.45) is 4.63. The number of hydrogen-bond acceptors (Lipinski definition) is 4. The predicted octanol–water partition coefficient (Wildman–Crippen LogP) is 2.33. The van der Waals surface area contributed by atoms with Gasteiger partial charge in [-0.2, -0.15) is 0 Å². The van der Waals surface area contributed by atoms with E-state index in [4.69, 9.17) is 4.74 Å². The van der Waals surface area contributed by atoms with Crippen LogP contribution in [-0.2, 0) is 6.54 Å². The molecule has 1 rings (SSSR count). The van der Waals surface area contributed by atoms with Crippen LogP contribution in [0.15, 0.2) is 23.3 Å². The SMILES string of the molecule is CCNC(=NCc1ccc(OC)nc1)NCC(CC)(CC)CCO. The normalized spacial score (nSPS) is 12.1. The van der Waals surface area contributed by atoms with Crippen LogP contribution >= 0.6 is 0 Å². The molecule has 0 bridgehead atoms. The first-order valence-electron chi connectivity index (χ1n) is 8.75. The highest BCUT2D eigenvalue weighted by atomic mass is 16.5. The number of aliphatic imine (C=N–C) groups is 1. The summed E-state index contributed by atoms with van der Waals surface area (Å²) in [6, 6.07) is 3.80. The van der Waals surface area contributed by atoms with E-state index in [0.717, 1.165) is 43.9 Å². The van der Waals surface area contributed by atoms with Crippen molar-refractivity contribution in [3.63, 3.8) is 0 Å². The zero-order valence-electron chi connectivity index (χ0n) is 15.4. The first kappa shape index (κ1) is 20.2. The maximum absolute atomic E-state index is 9.34. The van der Waals surface area contributed by atoms with Gasteiger partial charge in [0.1, 0.15) is 0 Å². The average Bonchev–Trinajstić information content (AvgIpc) is 2.63. The van der Waals surface area contributed by atoms with E-state index in [1.165, 1.54) is 0 Å². The van der Waals surface area contributed by atoms with Crippen LogP contribution in [0.25, 0.3) is 0 Å². The standard InChI is InChI=1S/C18H32N4O2/c1-5-18(6-2,10-11-23)14-22-17(19-7-3)21-13-15-8-9-16(24-4)20-12-15/h8-9,12,23H,5-7,10-11,13-14H2,1-4H3,(H2,19,21,22). The quantitative estimate of drug-likeness (QED) is 0.451. The van der Waals surface area contributed by atoms with Crippen molar-refractivity contribution in [1.29, 1.82) is 0 Å². The van der Waals surface area contributed by atoms with Crippen molar-refractivity contribution in [2.75, 3.05) is 26.8 Å². The first-order valence-corrected chi connectivity index (χ1v) is 8.75. The summed E-state index contributed by atoms with van der Waals surface area (Å²) in [5.74, 6) is 1.39. The molecule has 0 saturated carbocycles. The van der Waals surface area contributed by atoms with Gasteiger partial charge in [0.15, 0.2) is 5.96 Å². The van der Waals surface area contributed by atoms with Crippen LogP contribution in [0, 0.1) is 5.41 Å². The number of hydrogen-bond donors (Lipinski definition) is 3. The minimum atomic E-state index is 0.104. The summed E-state index contributed by atoms with van der Waals surface area (Å²) in [6.45, 7) is 8.77. The predicted molar refractivity (Wildman–Crippen MR) is 98.3 cm³/mol. The van der Waals surface area contributed by atoms with Crippen LogP contribution < -0.4 is 15.4 Å². The zero-order chi connectivity index (χ0) is 17.8. The summed E-state index contributed by atoms with van der Waals surface area (Å²) in [5.41, 5.74) is 1.13. The second-order valence-corrected chi connectivity index (χ2v) is 5.94. The van der Waals surface area contributed by atoms with Gasteiger partial charge in [-0.15, -0.1) is 0 Å². The fourth-order valence-corrected chi connectivity index (χ4v) is 2.59. The molecule has 0 amide bonds. The maximum Gasteiger partial charge on any atom is 0.212 e. The molecule has 24 heavy (non-hydrogen) atoms. The molecule has 0 fully saturated rings. The Balaban J connectivity index is 2.70. The summed E-state index contributed by atoms with van der Waals surface area (Å²) >= 11 is 0. The monoisotopic (exact) mass is 336 g/mol. The first-order chi connectivity index (χ1) is 11.6. The number of rotatable bonds is 10. The Morgan fingerprint density at radius 1 is 1.25 bits per heavy atom. The van der Waals surface area contributed by atoms with Crippen LogP contribution in [0.2, 0.25) is 0 Å². The molecular weight excluding hydrogens is 304 g/mol. The van der Waals surface area contributed by atoms with Crippen molar-refractivity contribution in [3.05, 3.63) is 23.9 Å². The Morgan fingerprint density at radius 2 is 2.00 bits per heavy atom. The van der Waals surface area contributed by atoms with Crippen LogP contribution in [0.4, 0.5) is 0 Å². The van der Waals surface area contributed by atoms with Crippen molar-refractivity contribution >= 4 is 5.96 Å². The molecule has 6 nitrogen and oxygen atoms in total. The molecule has 0 spiro atoms. The molecule has 1 aromatic rings. The van der Waals surface area contributed by atoms with Crippen LogP contribution in [0.5, 0.6) is 5.88 Å². The van der Waals surface area contributed by atoms with Gasteiger partial charge in [0, 0.05) is 32.0 Å². The van der Waals surface area contributed by atoms with E-state index in [2.05, 4.69) is 34.5 Å². The largest absolute Gasteiger partial charge is 0.481 e. The Morgan fingerprint density at radius 3 is 2.50 bits per heavy atom. The minimum Gasteiger partial charge on any atom is -0.481 e. The van der Waals surface area contributed by atoms with Crippen molar-refractivity contribution in [3.8, 4) is 5.88 Å². The molecule has 1 aromatic heterocycles. The lowest BCUT2D eigenvalue weighted by Crippen LogP contribution is -2.43. The highest BCUT2D eigenvalue weighted by Gasteiger charge is 2.25. The third-order valence-electron chi connectivity index (χ3n) is 4.54. The topological polar surface area (TPSA) is 78.8 Å². The lowest BCUT2D eigenvalue weighted by Gasteiger charge is -2.32. The maximum atomic E-state index is 9.34. The number of guanidine groups is 1. The molecule has 1 heterocycles. The van der Waals surface area contributed by atoms with Crippen LogP contribution in [0.3, 0.4) is 0 Å². The van der Waals surface area contributed by atoms with E-state index in [1.807, 2.05) is 19.1 Å². The van der Waals surface area contributed by atoms with Gasteiger partial charge in [0.2, 0.25) is 5.88 Å². The van der Waals surface area contributed by atoms with Gasteiger partial charge in [-0.1, -0.05) is 19.9 Å². The van der Waals surface area contributed by atoms with Gasteiger partial charge in [-0.3, -0.25) is 0 Å². The Labute approximate surface area is 145 Å². The Kier molecular flexibility index (Phi) is 9.15. The van der Waals surface area contributed by atoms with Gasteiger partial charge in [0.25, 0.3) is 0 Å². The van der Waals surface area contributed by atoms with Crippen molar-refractivity contribution in [1.82, 2.24) is 15.6 Å². The molecule has 0 unspecified atom stereocenters. The third-order valence-corrected chi connectivity index (χ3v) is 4.54. The Bertz CT molecular complexity index is 484. The molecule has 0 aromatic carbocycles. The van der Waals surface area contributed by atoms with E-state index in [1.54, 1.807) is 13.3 Å². The van der Waals surface area contributed by atoms with E-state index in [9.17, 15) is 5.11 Å². The molecule has 0 radical (unpaired) electrons. The van der Waals surface area contributed by atoms with Gasteiger partial charge < -0.3 is 20.5 Å². The van der Waals surface area contributed by atoms with E-state index in [0.29, 0.717) is 12.4 Å². The molecular formula is C18H32N4O2. The number of ether oxygens (including phenoxy) is 1. The Hall–Kier alpha value is -1.82. The number of nitrogens with zero attached hydrogens (tertiary/aromatic N) is 2. The van der Waals surface area contributed by atoms with E-state index >= 15 is 0 Å². The number of aliphatic hydroxyl groups is 1. The fourth-order valence-electron chi connectivity index (χ4n) is 2.59. The molecule has 6 heteroatoms. The second-order valence-electron chi connectivity index (χ2n) is 5.94. The highest BCUT2D eigenvalue weighted by Crippen LogP contribution is 2.29. The van der Waals surface area contributed by atoms with Gasteiger partial charge in [0.05, 0.1) is 13.7 Å². The fraction of sp³-hybridized carbons (Fsp3) is 0.667. The number of methoxy groups -OCH3 is 1. The molecule has 0 aliphatic carbocycles. The lowest BCUT2D eigenvalue weighted by atomic mass is 9.79. The summed E-state index contributed by atoms with van der Waals surface area (Å²) < 4.78 is 5.06. The van der Waals surface area contributed by atoms with Crippen molar-refractivity contribution in [2.45, 2.75) is 46.6 Å². The van der Waals surface area contributed by atoms with Crippen LogP contribution in [0.1, 0.15) is 45.6 Å². The molecule has 0 aliphatic rings. The van der Waals surface area contributed by atoms with Gasteiger partial charge >= 0.3 is 0 Å². The highest BCUT2D eigenvalue weighted by molar-refractivity contribution is 5.79. The summed E-state index contributed by atoms with van der Waals surface area (Å²) in [4.78, 5) is 8.82. The van der Waals surface area contributed by atoms with E-state index < -0.39 is 0 Å². The van der Waals surface area contributed by atoms with E-state index in [-0.39, 0.29) is 12.0 Å². The molecule has 3 N–H and O–H groups in total. The van der Waals surface area contributed by atoms with Gasteiger partial charge in [-0.05, 0) is 37.2 Å². The zero-order valence-corrected chi connectivity index (χ0v) is 15.4. The number of pyridine rings is 1. The second kappa shape index (κ2) is 10.9. The van der Waals surface area contributed by atoms with Crippen molar-refractivity contribution in [2.24, 2.45) is 10.4 Å². The molecule has 0 atom stereocenters. The van der Waals surface area contributed by atoms with Crippen LogP contribution in [-0.4, -0.2) is 42.9 Å². The third kappa shape index (κ3) is 6.35. The molecule has 0 aliphatic heterocycles. The van der Waals surface area contributed by atoms with Gasteiger partial charge in [-0.25, -0.2) is 9.98 Å². The summed E-state index contributed by atoms with van der Waals surface area (Å²) in [7, 11) is 1.60. The summed E-state index contributed by atoms with van der Waals surface area (Å²) in [5, 5.41) is 16.0.